The second-order valence-corrected chi connectivity index (χ2v) is 12.1. The van der Waals surface area contributed by atoms with Gasteiger partial charge in [0.2, 0.25) is 0 Å². The second kappa shape index (κ2) is 13.1. The second-order valence-electron chi connectivity index (χ2n) is 9.59. The molecule has 0 saturated carbocycles. The molecule has 3 aromatic rings. The molecule has 1 aromatic heterocycles. The first-order valence-electron chi connectivity index (χ1n) is 12.7. The molecule has 4 rings (SSSR count). The molecule has 2 aromatic carbocycles. The lowest BCUT2D eigenvalue weighted by atomic mass is 9.95. The van der Waals surface area contributed by atoms with E-state index in [4.69, 9.17) is 36.5 Å². The number of benzene rings is 2. The molecule has 0 amide bonds. The van der Waals surface area contributed by atoms with Gasteiger partial charge in [-0.05, 0) is 29.8 Å². The molecule has 12 nitrogen and oxygen atoms in total. The number of halogens is 1. The molecule has 42 heavy (non-hydrogen) atoms. The van der Waals surface area contributed by atoms with Crippen LogP contribution < -0.4 is 15.8 Å². The zero-order valence-corrected chi connectivity index (χ0v) is 23.9. The number of nitrogens with zero attached hydrogens (tertiary/aromatic N) is 1. The Morgan fingerprint density at radius 2 is 1.90 bits per heavy atom. The van der Waals surface area contributed by atoms with Crippen molar-refractivity contribution in [3.05, 3.63) is 98.3 Å². The zero-order chi connectivity index (χ0) is 30.5. The molecule has 6 atom stereocenters. The molecule has 1 saturated heterocycles. The fourth-order valence-electron chi connectivity index (χ4n) is 4.19. The summed E-state index contributed by atoms with van der Waals surface area (Å²) in [7, 11) is -4.18. The lowest BCUT2D eigenvalue weighted by Gasteiger charge is -2.26. The van der Waals surface area contributed by atoms with E-state index in [1.165, 1.54) is 31.2 Å². The first-order valence-corrected chi connectivity index (χ1v) is 14.8. The van der Waals surface area contributed by atoms with E-state index in [9.17, 15) is 29.2 Å². The van der Waals surface area contributed by atoms with Crippen LogP contribution in [0, 0.1) is 18.3 Å². The van der Waals surface area contributed by atoms with Crippen molar-refractivity contribution >= 4 is 25.2 Å². The standard InChI is InChI=1S/C28H28ClN2O10P/c1-3-28(36)24(33)22(40-26(28)31-14-13-23(32)30-27(31)35)16-39-42(37,41-21-11-9-20(29)10-12-21)17-18(2)25(34)38-15-19-7-5-4-6-8-19/h1,4-14,18,22,24,26,33,36H,15-17H2,2H3,(H,30,32,35)/t18-,22-,24-,26-,28-,42?/m1/s1. The van der Waals surface area contributed by atoms with Gasteiger partial charge in [-0.25, -0.2) is 9.36 Å². The lowest BCUT2D eigenvalue weighted by Crippen LogP contribution is -2.48. The van der Waals surface area contributed by atoms with Crippen molar-refractivity contribution in [1.29, 1.82) is 0 Å². The summed E-state index contributed by atoms with van der Waals surface area (Å²) < 4.78 is 37.2. The number of H-pyrrole nitrogens is 1. The Morgan fingerprint density at radius 1 is 1.21 bits per heavy atom. The van der Waals surface area contributed by atoms with Gasteiger partial charge < -0.3 is 24.2 Å². The van der Waals surface area contributed by atoms with Crippen LogP contribution in [0.5, 0.6) is 5.75 Å². The van der Waals surface area contributed by atoms with Crippen molar-refractivity contribution in [3.63, 3.8) is 0 Å². The summed E-state index contributed by atoms with van der Waals surface area (Å²) in [6.07, 6.45) is 1.26. The first-order chi connectivity index (χ1) is 19.9. The van der Waals surface area contributed by atoms with Gasteiger partial charge in [0.05, 0.1) is 18.7 Å². The Hall–Kier alpha value is -3.69. The van der Waals surface area contributed by atoms with Crippen molar-refractivity contribution in [2.75, 3.05) is 12.8 Å². The maximum absolute atomic E-state index is 14.0. The SMILES string of the molecule is C#C[C@@]1(O)[C@H](O)[C@@H](COP(=O)(C[C@@H](C)C(=O)OCc2ccccc2)Oc2ccc(Cl)cc2)O[C@H]1n1ccc(=O)[nH]c1=O. The average molecular weight is 619 g/mol. The summed E-state index contributed by atoms with van der Waals surface area (Å²) in [5.41, 5.74) is -3.31. The highest BCUT2D eigenvalue weighted by Crippen LogP contribution is 2.51. The number of hydrogen-bond donors (Lipinski definition) is 3. The highest BCUT2D eigenvalue weighted by molar-refractivity contribution is 7.54. The van der Waals surface area contributed by atoms with Gasteiger partial charge in [-0.3, -0.25) is 23.7 Å². The van der Waals surface area contributed by atoms with Crippen LogP contribution in [0.4, 0.5) is 0 Å². The number of nitrogens with one attached hydrogen (secondary N) is 1. The molecule has 1 aliphatic rings. The summed E-state index contributed by atoms with van der Waals surface area (Å²) in [5.74, 6) is 0.548. The van der Waals surface area contributed by atoms with Crippen LogP contribution in [-0.4, -0.2) is 56.3 Å². The van der Waals surface area contributed by atoms with Crippen LogP contribution in [0.25, 0.3) is 0 Å². The number of aliphatic hydroxyl groups is 2. The number of hydrogen-bond acceptors (Lipinski definition) is 10. The van der Waals surface area contributed by atoms with Gasteiger partial charge in [0.15, 0.2) is 11.8 Å². The number of carbonyl (C=O) groups is 1. The Balaban J connectivity index is 1.52. The molecule has 222 valence electrons. The Labute approximate surface area is 245 Å². The van der Waals surface area contributed by atoms with Gasteiger partial charge in [0.25, 0.3) is 5.56 Å². The molecule has 0 bridgehead atoms. The molecule has 2 heterocycles. The van der Waals surface area contributed by atoms with Crippen LogP contribution in [0.2, 0.25) is 5.02 Å². The van der Waals surface area contributed by atoms with Gasteiger partial charge in [-0.1, -0.05) is 54.8 Å². The Morgan fingerprint density at radius 3 is 2.55 bits per heavy atom. The molecule has 1 unspecified atom stereocenters. The topological polar surface area (TPSA) is 166 Å². The van der Waals surface area contributed by atoms with E-state index in [0.717, 1.165) is 22.4 Å². The van der Waals surface area contributed by atoms with Gasteiger partial charge >= 0.3 is 19.3 Å². The highest BCUT2D eigenvalue weighted by atomic mass is 35.5. The summed E-state index contributed by atoms with van der Waals surface area (Å²) in [5, 5.41) is 22.3. The zero-order valence-electron chi connectivity index (χ0n) is 22.3. The quantitative estimate of drug-likeness (QED) is 0.165. The van der Waals surface area contributed by atoms with Gasteiger partial charge in [0.1, 0.15) is 24.6 Å². The minimum atomic E-state index is -4.18. The number of rotatable bonds is 11. The van der Waals surface area contributed by atoms with E-state index in [1.54, 1.807) is 24.3 Å². The Bertz CT molecular complexity index is 1600. The van der Waals surface area contributed by atoms with E-state index in [2.05, 4.69) is 0 Å². The fraction of sp³-hybridized carbons (Fsp3) is 0.321. The minimum absolute atomic E-state index is 0.00546. The van der Waals surface area contributed by atoms with E-state index < -0.39 is 67.5 Å². The lowest BCUT2D eigenvalue weighted by molar-refractivity contribution is -0.148. The van der Waals surface area contributed by atoms with Crippen molar-refractivity contribution in [2.45, 2.75) is 37.6 Å². The number of carbonyl (C=O) groups excluding carboxylic acids is 1. The van der Waals surface area contributed by atoms with Crippen LogP contribution in [0.3, 0.4) is 0 Å². The van der Waals surface area contributed by atoms with Crippen LogP contribution in [-0.2, 0) is 30.0 Å². The van der Waals surface area contributed by atoms with Gasteiger partial charge in [0, 0.05) is 17.3 Å². The molecule has 3 N–H and O–H groups in total. The number of esters is 1. The minimum Gasteiger partial charge on any atom is -0.461 e. The monoisotopic (exact) mass is 618 g/mol. The normalized spacial score (nSPS) is 23.8. The van der Waals surface area contributed by atoms with Crippen LogP contribution >= 0.6 is 19.2 Å². The highest BCUT2D eigenvalue weighted by Gasteiger charge is 2.56. The largest absolute Gasteiger partial charge is 0.461 e. The number of terminal acetylenes is 1. The molecular weight excluding hydrogens is 591 g/mol. The molecule has 0 spiro atoms. The number of aromatic amines is 1. The van der Waals surface area contributed by atoms with Crippen molar-refractivity contribution < 1.29 is 38.1 Å². The number of aromatic nitrogens is 2. The third-order valence-electron chi connectivity index (χ3n) is 6.44. The maximum Gasteiger partial charge on any atom is 0.380 e. The van der Waals surface area contributed by atoms with E-state index >= 15 is 0 Å². The predicted octanol–water partition coefficient (Wildman–Crippen LogP) is 2.48. The van der Waals surface area contributed by atoms with E-state index in [-0.39, 0.29) is 12.4 Å². The average Bonchev–Trinajstić information content (AvgIpc) is 3.22. The number of ether oxygens (including phenoxy) is 2. The summed E-state index contributed by atoms with van der Waals surface area (Å²) in [6.45, 7) is 0.868. The van der Waals surface area contributed by atoms with Crippen LogP contribution in [0.15, 0.2) is 76.4 Å². The smallest absolute Gasteiger partial charge is 0.380 e. The van der Waals surface area contributed by atoms with Gasteiger partial charge in [-0.15, -0.1) is 6.42 Å². The predicted molar refractivity (Wildman–Crippen MR) is 151 cm³/mol. The molecule has 0 radical (unpaired) electrons. The molecule has 1 fully saturated rings. The first kappa shape index (κ1) is 31.3. The molecular formula is C28H28ClN2O10P. The van der Waals surface area contributed by atoms with E-state index in [1.807, 2.05) is 17.0 Å². The van der Waals surface area contributed by atoms with Crippen molar-refractivity contribution in [2.24, 2.45) is 5.92 Å². The summed E-state index contributed by atoms with van der Waals surface area (Å²) >= 11 is 5.94. The van der Waals surface area contributed by atoms with Gasteiger partial charge in [-0.2, -0.15) is 0 Å². The van der Waals surface area contributed by atoms with Crippen molar-refractivity contribution in [3.8, 4) is 18.1 Å². The molecule has 0 aliphatic carbocycles. The van der Waals surface area contributed by atoms with Crippen molar-refractivity contribution in [1.82, 2.24) is 9.55 Å². The Kier molecular flexibility index (Phi) is 9.74. The summed E-state index contributed by atoms with van der Waals surface area (Å²) in [6, 6.07) is 15.9. The maximum atomic E-state index is 14.0. The fourth-order valence-corrected chi connectivity index (χ4v) is 6.19. The number of aliphatic hydroxyl groups excluding tert-OH is 1. The third kappa shape index (κ3) is 7.20. The summed E-state index contributed by atoms with van der Waals surface area (Å²) in [4.78, 5) is 38.6. The molecule has 1 aliphatic heterocycles. The van der Waals surface area contributed by atoms with Crippen LogP contribution in [0.1, 0.15) is 18.7 Å². The third-order valence-corrected chi connectivity index (χ3v) is 8.71. The van der Waals surface area contributed by atoms with E-state index in [0.29, 0.717) is 5.02 Å². The molecule has 14 heteroatoms.